The fraction of sp³-hybridized carbons (Fsp3) is 0.320. The number of rotatable bonds is 16. The van der Waals surface area contributed by atoms with Crippen LogP contribution in [-0.4, -0.2) is 39.6 Å². The van der Waals surface area contributed by atoms with E-state index in [1.54, 1.807) is 36.0 Å². The van der Waals surface area contributed by atoms with E-state index in [0.717, 1.165) is 35.5 Å². The number of ether oxygens (including phenoxy) is 1. The molecule has 0 unspecified atom stereocenters. The molecule has 2 N–H and O–H groups in total. The first kappa shape index (κ1) is 28.1. The van der Waals surface area contributed by atoms with Crippen LogP contribution in [-0.2, 0) is 17.4 Å². The summed E-state index contributed by atoms with van der Waals surface area (Å²) in [6, 6.07) is 11.0. The molecule has 9 heteroatoms. The van der Waals surface area contributed by atoms with E-state index in [-0.39, 0.29) is 5.75 Å². The molecule has 0 atom stereocenters. The van der Waals surface area contributed by atoms with E-state index in [9.17, 15) is 14.4 Å². The fourth-order valence-electron chi connectivity index (χ4n) is 3.25. The second kappa shape index (κ2) is 14.9. The Hall–Kier alpha value is -2.18. The van der Waals surface area contributed by atoms with E-state index in [1.165, 1.54) is 0 Å². The summed E-state index contributed by atoms with van der Waals surface area (Å²) < 4.78 is 22.7. The normalized spacial score (nSPS) is 10.9. The lowest BCUT2D eigenvalue weighted by Gasteiger charge is -2.17. The Bertz CT molecular complexity index is 1060. The smallest absolute Gasteiger partial charge is 0.492 e. The van der Waals surface area contributed by atoms with E-state index in [1.807, 2.05) is 24.3 Å². The van der Waals surface area contributed by atoms with Crippen LogP contribution >= 0.6 is 31.8 Å². The molecule has 0 amide bonds. The van der Waals surface area contributed by atoms with E-state index in [4.69, 9.17) is 9.26 Å². The molecule has 0 fully saturated rings. The van der Waals surface area contributed by atoms with Crippen LogP contribution in [0, 0.1) is 0 Å². The highest BCUT2D eigenvalue weighted by Crippen LogP contribution is 2.45. The molecule has 2 rings (SSSR count). The second-order valence-electron chi connectivity index (χ2n) is 7.37. The summed E-state index contributed by atoms with van der Waals surface area (Å²) in [5.41, 5.74) is 3.20. The van der Waals surface area contributed by atoms with Gasteiger partial charge in [0.1, 0.15) is 11.5 Å². The molecule has 0 radical (unpaired) electrons. The third-order valence-electron chi connectivity index (χ3n) is 4.71. The predicted octanol–water partition coefficient (Wildman–Crippen LogP) is 6.28. The topological polar surface area (TPSA) is 88.4 Å². The predicted molar refractivity (Wildman–Crippen MR) is 144 cm³/mol. The van der Waals surface area contributed by atoms with Crippen LogP contribution in [0.4, 0.5) is 0 Å². The lowest BCUT2D eigenvalue weighted by Crippen LogP contribution is -2.03. The molecule has 0 aliphatic carbocycles. The minimum atomic E-state index is -4.75. The average Bonchev–Trinajstić information content (AvgIpc) is 2.79. The second-order valence-corrected chi connectivity index (χ2v) is 9.94. The highest BCUT2D eigenvalue weighted by atomic mass is 32.2. The van der Waals surface area contributed by atoms with Crippen molar-refractivity contribution in [3.8, 4) is 22.6 Å². The average molecular weight is 520 g/mol. The number of nitrogens with zero attached hydrogens (tertiary/aromatic N) is 1. The number of allylic oxidation sites excluding steroid dienone is 2. The van der Waals surface area contributed by atoms with Gasteiger partial charge in [-0.1, -0.05) is 24.3 Å². The van der Waals surface area contributed by atoms with Crippen molar-refractivity contribution in [2.75, 3.05) is 24.7 Å². The highest BCUT2D eigenvalue weighted by Gasteiger charge is 2.21. The summed E-state index contributed by atoms with van der Waals surface area (Å²) >= 11 is 6.36. The van der Waals surface area contributed by atoms with Crippen LogP contribution in [0.25, 0.3) is 11.1 Å². The maximum Gasteiger partial charge on any atom is 0.524 e. The number of thiocarbonyl (C=S) groups is 1. The number of hydrogen-bond donors (Lipinski definition) is 2. The molecule has 0 bridgehead atoms. The first-order valence-electron chi connectivity index (χ1n) is 10.8. The summed E-state index contributed by atoms with van der Waals surface area (Å²) in [6.45, 7) is 8.79. The van der Waals surface area contributed by atoms with Gasteiger partial charge in [-0.2, -0.15) is 11.8 Å². The third-order valence-corrected chi connectivity index (χ3v) is 6.31. The van der Waals surface area contributed by atoms with Gasteiger partial charge in [-0.05, 0) is 79.0 Å². The number of thioether (sulfide) groups is 1. The summed E-state index contributed by atoms with van der Waals surface area (Å²) in [5, 5.41) is 2.37. The van der Waals surface area contributed by atoms with Gasteiger partial charge in [-0.25, -0.2) is 9.56 Å². The molecule has 0 saturated heterocycles. The van der Waals surface area contributed by atoms with Gasteiger partial charge in [-0.15, -0.1) is 13.2 Å². The largest absolute Gasteiger partial charge is 0.524 e. The Morgan fingerprint density at radius 1 is 1.00 bits per heavy atom. The van der Waals surface area contributed by atoms with Crippen LogP contribution < -0.4 is 9.26 Å². The molecule has 182 valence electrons. The molecule has 34 heavy (non-hydrogen) atoms. The molecule has 0 heterocycles. The number of phosphoric acid groups is 1. The molecule has 0 aliphatic heterocycles. The van der Waals surface area contributed by atoms with E-state index >= 15 is 0 Å². The fourth-order valence-corrected chi connectivity index (χ4v) is 4.57. The maximum absolute atomic E-state index is 11.6. The van der Waals surface area contributed by atoms with Gasteiger partial charge in [0.25, 0.3) is 0 Å². The maximum atomic E-state index is 11.6. The van der Waals surface area contributed by atoms with Gasteiger partial charge in [-0.3, -0.25) is 9.79 Å². The van der Waals surface area contributed by atoms with E-state index in [2.05, 4.69) is 35.5 Å². The molecular formula is C25H30NO5PS2. The molecule has 6 nitrogen and oxygen atoms in total. The zero-order valence-corrected chi connectivity index (χ0v) is 21.5. The molecule has 0 saturated carbocycles. The Kier molecular flexibility index (Phi) is 12.3. The number of isothiocyanates is 1. The van der Waals surface area contributed by atoms with Crippen molar-refractivity contribution in [3.05, 3.63) is 72.8 Å². The van der Waals surface area contributed by atoms with Crippen molar-refractivity contribution in [3.63, 3.8) is 0 Å². The number of unbranched alkanes of at least 4 members (excludes halogenated alkanes) is 1. The van der Waals surface area contributed by atoms with Crippen LogP contribution in [0.1, 0.15) is 24.0 Å². The van der Waals surface area contributed by atoms with Crippen molar-refractivity contribution in [1.82, 2.24) is 0 Å². The molecule has 2 aromatic carbocycles. The quantitative estimate of drug-likeness (QED) is 0.0887. The van der Waals surface area contributed by atoms with Crippen LogP contribution in [0.3, 0.4) is 0 Å². The van der Waals surface area contributed by atoms with Gasteiger partial charge in [0, 0.05) is 23.4 Å². The molecular weight excluding hydrogens is 489 g/mol. The lowest BCUT2D eigenvalue weighted by atomic mass is 9.97. The first-order valence-corrected chi connectivity index (χ1v) is 13.9. The van der Waals surface area contributed by atoms with Gasteiger partial charge in [0.2, 0.25) is 0 Å². The molecule has 0 aromatic heterocycles. The minimum Gasteiger partial charge on any atom is -0.492 e. The van der Waals surface area contributed by atoms with Crippen LogP contribution in [0.15, 0.2) is 66.7 Å². The van der Waals surface area contributed by atoms with Gasteiger partial charge in [0.05, 0.1) is 11.8 Å². The number of hydrogen-bond acceptors (Lipinski definition) is 6. The summed E-state index contributed by atoms with van der Waals surface area (Å²) in [4.78, 5) is 22.8. The van der Waals surface area contributed by atoms with Crippen molar-refractivity contribution in [2.45, 2.75) is 25.7 Å². The molecule has 0 spiro atoms. The van der Waals surface area contributed by atoms with Crippen molar-refractivity contribution >= 4 is 37.0 Å². The highest BCUT2D eigenvalue weighted by molar-refractivity contribution is 7.99. The van der Waals surface area contributed by atoms with E-state index < -0.39 is 7.82 Å². The van der Waals surface area contributed by atoms with Gasteiger partial charge >= 0.3 is 7.82 Å². The zero-order valence-electron chi connectivity index (χ0n) is 19.0. The summed E-state index contributed by atoms with van der Waals surface area (Å²) in [5.74, 6) is 2.53. The zero-order chi connectivity index (χ0) is 24.8. The standard InChI is InChI=1S/C25H30NO5PS2/c1-3-7-20-9-11-24(30-14-16-34-15-6-5-13-26-19-33)22(17-20)23-18-21(8-4-2)10-12-25(23)31-32(27,28)29/h3-4,9-12,17-18H,1-2,5-8,13-16H2,(H2,27,28,29). The van der Waals surface area contributed by atoms with Crippen molar-refractivity contribution < 1.29 is 23.6 Å². The molecule has 2 aromatic rings. The lowest BCUT2D eigenvalue weighted by molar-refractivity contribution is 0.283. The third kappa shape index (κ3) is 9.98. The first-order chi connectivity index (χ1) is 16.4. The van der Waals surface area contributed by atoms with Gasteiger partial charge < -0.3 is 9.26 Å². The Morgan fingerprint density at radius 2 is 1.62 bits per heavy atom. The van der Waals surface area contributed by atoms with Crippen LogP contribution in [0.2, 0.25) is 0 Å². The minimum absolute atomic E-state index is 0.0927. The molecule has 0 aliphatic rings. The van der Waals surface area contributed by atoms with E-state index in [0.29, 0.717) is 42.9 Å². The summed E-state index contributed by atoms with van der Waals surface area (Å²) in [6.07, 6.45) is 6.86. The number of benzene rings is 2. The van der Waals surface area contributed by atoms with Crippen molar-refractivity contribution in [2.24, 2.45) is 4.99 Å². The SMILES string of the molecule is C=CCc1ccc(OCCSCCCCN=C=S)c(-c2cc(CC=C)ccc2OP(=O)(O)O)c1. The van der Waals surface area contributed by atoms with Crippen molar-refractivity contribution in [1.29, 1.82) is 0 Å². The van der Waals surface area contributed by atoms with Crippen LogP contribution in [0.5, 0.6) is 11.5 Å². The van der Waals surface area contributed by atoms with Gasteiger partial charge in [0.15, 0.2) is 0 Å². The summed E-state index contributed by atoms with van der Waals surface area (Å²) in [7, 11) is -4.75. The Morgan fingerprint density at radius 3 is 2.21 bits per heavy atom. The Labute approximate surface area is 211 Å². The number of aliphatic imine (C=N–C) groups is 1. The number of phosphoric ester groups is 1. The monoisotopic (exact) mass is 519 g/mol. The Balaban J connectivity index is 2.25.